The van der Waals surface area contributed by atoms with E-state index in [1.165, 1.54) is 12.8 Å². The van der Waals surface area contributed by atoms with Gasteiger partial charge < -0.3 is 15.8 Å². The summed E-state index contributed by atoms with van der Waals surface area (Å²) in [5.74, 6) is 0.331. The first-order valence-corrected chi connectivity index (χ1v) is 6.07. The lowest BCUT2D eigenvalue weighted by molar-refractivity contribution is -0.153. The molecule has 0 radical (unpaired) electrons. The molecule has 0 spiro atoms. The van der Waals surface area contributed by atoms with Crippen molar-refractivity contribution in [1.29, 1.82) is 0 Å². The van der Waals surface area contributed by atoms with Crippen LogP contribution in [0.25, 0.3) is 0 Å². The van der Waals surface area contributed by atoms with Crippen LogP contribution in [0.3, 0.4) is 0 Å². The molecule has 0 aromatic rings. The van der Waals surface area contributed by atoms with Crippen LogP contribution in [-0.4, -0.2) is 30.7 Å². The van der Waals surface area contributed by atoms with Crippen LogP contribution in [0, 0.1) is 5.92 Å². The monoisotopic (exact) mass is 228 g/mol. The lowest BCUT2D eigenvalue weighted by Crippen LogP contribution is -2.40. The van der Waals surface area contributed by atoms with Gasteiger partial charge in [0, 0.05) is 6.04 Å². The molecular formula is C12H24N2O2. The van der Waals surface area contributed by atoms with E-state index in [0.29, 0.717) is 25.0 Å². The Hall–Kier alpha value is -0.610. The summed E-state index contributed by atoms with van der Waals surface area (Å²) in [6.45, 7) is 6.62. The molecule has 1 saturated carbocycles. The number of carbonyl (C=O) groups excluding carboxylic acids is 1. The predicted molar refractivity (Wildman–Crippen MR) is 64.0 cm³/mol. The van der Waals surface area contributed by atoms with Gasteiger partial charge in [-0.2, -0.15) is 0 Å². The molecule has 0 bridgehead atoms. The number of hydrogen-bond acceptors (Lipinski definition) is 4. The maximum atomic E-state index is 11.5. The molecule has 0 amide bonds. The summed E-state index contributed by atoms with van der Waals surface area (Å²) in [5, 5.41) is 3.25. The first-order valence-electron chi connectivity index (χ1n) is 6.07. The molecule has 0 aliphatic heterocycles. The average molecular weight is 228 g/mol. The Morgan fingerprint density at radius 1 is 1.44 bits per heavy atom. The molecule has 1 rings (SSSR count). The molecule has 16 heavy (non-hydrogen) atoms. The maximum absolute atomic E-state index is 11.5. The highest BCUT2D eigenvalue weighted by Crippen LogP contribution is 2.24. The van der Waals surface area contributed by atoms with Gasteiger partial charge in [0.25, 0.3) is 0 Å². The Morgan fingerprint density at radius 2 is 2.12 bits per heavy atom. The summed E-state index contributed by atoms with van der Waals surface area (Å²) in [6, 6.07) is 0.387. The van der Waals surface area contributed by atoms with Crippen LogP contribution in [0.2, 0.25) is 0 Å². The van der Waals surface area contributed by atoms with Gasteiger partial charge in [-0.15, -0.1) is 0 Å². The van der Waals surface area contributed by atoms with Crippen molar-refractivity contribution in [2.45, 2.75) is 51.7 Å². The van der Waals surface area contributed by atoms with E-state index in [2.05, 4.69) is 5.32 Å². The molecular weight excluding hydrogens is 204 g/mol. The molecule has 4 heteroatoms. The van der Waals surface area contributed by atoms with Crippen molar-refractivity contribution >= 4 is 5.97 Å². The van der Waals surface area contributed by atoms with Crippen molar-refractivity contribution in [3.8, 4) is 0 Å². The normalized spacial score (nSPS) is 25.8. The van der Waals surface area contributed by atoms with Gasteiger partial charge in [-0.3, -0.25) is 4.79 Å². The van der Waals surface area contributed by atoms with Gasteiger partial charge in [-0.25, -0.2) is 0 Å². The summed E-state index contributed by atoms with van der Waals surface area (Å²) in [4.78, 5) is 11.5. The van der Waals surface area contributed by atoms with E-state index in [-0.39, 0.29) is 5.97 Å². The second-order valence-electron chi connectivity index (χ2n) is 5.50. The zero-order valence-corrected chi connectivity index (χ0v) is 10.6. The van der Waals surface area contributed by atoms with Gasteiger partial charge >= 0.3 is 5.97 Å². The number of rotatable bonds is 4. The molecule has 0 aromatic carbocycles. The van der Waals surface area contributed by atoms with E-state index in [9.17, 15) is 4.79 Å². The molecule has 0 aromatic heterocycles. The second-order valence-corrected chi connectivity index (χ2v) is 5.50. The second kappa shape index (κ2) is 5.64. The summed E-state index contributed by atoms with van der Waals surface area (Å²) in [6.07, 6.45) is 3.49. The Labute approximate surface area is 97.9 Å². The zero-order valence-electron chi connectivity index (χ0n) is 10.6. The fraction of sp³-hybridized carbons (Fsp3) is 0.917. The molecule has 3 N–H and O–H groups in total. The Kier molecular flexibility index (Phi) is 4.74. The minimum atomic E-state index is -0.401. The number of nitrogens with two attached hydrogens (primary N) is 1. The van der Waals surface area contributed by atoms with Crippen molar-refractivity contribution in [3.63, 3.8) is 0 Å². The third kappa shape index (κ3) is 4.49. The first kappa shape index (κ1) is 13.5. The van der Waals surface area contributed by atoms with Crippen LogP contribution in [0.1, 0.15) is 40.0 Å². The number of nitrogens with one attached hydrogen (secondary N) is 1. The minimum absolute atomic E-state index is 0.185. The summed E-state index contributed by atoms with van der Waals surface area (Å²) in [5.41, 5.74) is 5.28. The van der Waals surface area contributed by atoms with E-state index in [1.54, 1.807) is 0 Å². The number of hydrogen-bond donors (Lipinski definition) is 2. The van der Waals surface area contributed by atoms with Gasteiger partial charge in [-0.05, 0) is 46.1 Å². The van der Waals surface area contributed by atoms with Crippen LogP contribution >= 0.6 is 0 Å². The highest BCUT2D eigenvalue weighted by atomic mass is 16.6. The fourth-order valence-corrected chi connectivity index (χ4v) is 2.18. The molecule has 1 aliphatic carbocycles. The molecule has 94 valence electrons. The lowest BCUT2D eigenvalue weighted by atomic mass is 10.0. The topological polar surface area (TPSA) is 64.3 Å². The van der Waals surface area contributed by atoms with Crippen LogP contribution in [0.4, 0.5) is 0 Å². The number of esters is 1. The van der Waals surface area contributed by atoms with Crippen molar-refractivity contribution in [2.24, 2.45) is 11.7 Å². The van der Waals surface area contributed by atoms with Crippen molar-refractivity contribution in [2.75, 3.05) is 13.1 Å². The molecule has 2 atom stereocenters. The lowest BCUT2D eigenvalue weighted by Gasteiger charge is -2.22. The molecule has 2 unspecified atom stereocenters. The van der Waals surface area contributed by atoms with E-state index in [1.807, 2.05) is 20.8 Å². The van der Waals surface area contributed by atoms with Crippen molar-refractivity contribution in [3.05, 3.63) is 0 Å². The molecule has 0 saturated heterocycles. The average Bonchev–Trinajstić information content (AvgIpc) is 2.59. The van der Waals surface area contributed by atoms with Crippen LogP contribution < -0.4 is 11.1 Å². The third-order valence-electron chi connectivity index (χ3n) is 2.89. The van der Waals surface area contributed by atoms with E-state index in [4.69, 9.17) is 10.5 Å². The summed E-state index contributed by atoms with van der Waals surface area (Å²) in [7, 11) is 0. The maximum Gasteiger partial charge on any atom is 0.320 e. The van der Waals surface area contributed by atoms with Crippen molar-refractivity contribution < 1.29 is 9.53 Å². The van der Waals surface area contributed by atoms with Crippen LogP contribution in [-0.2, 0) is 9.53 Å². The third-order valence-corrected chi connectivity index (χ3v) is 2.89. The predicted octanol–water partition coefficient (Wildman–Crippen LogP) is 1.05. The van der Waals surface area contributed by atoms with Gasteiger partial charge in [0.2, 0.25) is 0 Å². The van der Waals surface area contributed by atoms with E-state index >= 15 is 0 Å². The summed E-state index contributed by atoms with van der Waals surface area (Å²) >= 11 is 0. The smallest absolute Gasteiger partial charge is 0.320 e. The standard InChI is InChI=1S/C12H24N2O2/c1-12(2,3)16-11(15)8-14-10-6-4-5-9(10)7-13/h9-10,14H,4-8,13H2,1-3H3. The van der Waals surface area contributed by atoms with Crippen LogP contribution in [0.15, 0.2) is 0 Å². The van der Waals surface area contributed by atoms with E-state index in [0.717, 1.165) is 6.42 Å². The molecule has 1 aliphatic rings. The fourth-order valence-electron chi connectivity index (χ4n) is 2.18. The summed E-state index contributed by atoms with van der Waals surface area (Å²) < 4.78 is 5.23. The first-order chi connectivity index (χ1) is 7.42. The van der Waals surface area contributed by atoms with Gasteiger partial charge in [0.15, 0.2) is 0 Å². The van der Waals surface area contributed by atoms with Crippen LogP contribution in [0.5, 0.6) is 0 Å². The SMILES string of the molecule is CC(C)(C)OC(=O)CNC1CCCC1CN. The quantitative estimate of drug-likeness (QED) is 0.706. The number of ether oxygens (including phenoxy) is 1. The zero-order chi connectivity index (χ0) is 12.2. The van der Waals surface area contributed by atoms with E-state index < -0.39 is 5.60 Å². The highest BCUT2D eigenvalue weighted by molar-refractivity contribution is 5.72. The number of carbonyl (C=O) groups is 1. The van der Waals surface area contributed by atoms with Crippen molar-refractivity contribution in [1.82, 2.24) is 5.32 Å². The minimum Gasteiger partial charge on any atom is -0.459 e. The van der Waals surface area contributed by atoms with Gasteiger partial charge in [0.1, 0.15) is 5.60 Å². The molecule has 1 fully saturated rings. The Morgan fingerprint density at radius 3 is 2.69 bits per heavy atom. The molecule has 4 nitrogen and oxygen atoms in total. The highest BCUT2D eigenvalue weighted by Gasteiger charge is 2.26. The Balaban J connectivity index is 2.26. The largest absolute Gasteiger partial charge is 0.459 e. The Bertz CT molecular complexity index is 236. The molecule has 0 heterocycles. The van der Waals surface area contributed by atoms with Gasteiger partial charge in [-0.1, -0.05) is 6.42 Å². The van der Waals surface area contributed by atoms with Gasteiger partial charge in [0.05, 0.1) is 6.54 Å².